The fourth-order valence-corrected chi connectivity index (χ4v) is 4.24. The van der Waals surface area contributed by atoms with Crippen molar-refractivity contribution in [3.05, 3.63) is 59.8 Å². The molecule has 1 N–H and O–H groups in total. The van der Waals surface area contributed by atoms with Crippen molar-refractivity contribution < 1.29 is 0 Å². The number of likely N-dealkylation sites (N-methyl/N-ethyl adjacent to an activating group) is 1. The standard InChI is InChI=1S/C23H32N6/c1-24-23(29-11-9-21(18-29)20-6-4-3-5-7-20)26-17-19-8-10-25-22(16-19)28-14-12-27(2)13-15-28/h3-8,10,16,21H,9,11-15,17-18H2,1-2H3,(H,24,26). The second-order valence-corrected chi connectivity index (χ2v) is 8.06. The predicted molar refractivity (Wildman–Crippen MR) is 120 cm³/mol. The molecule has 4 rings (SSSR count). The summed E-state index contributed by atoms with van der Waals surface area (Å²) in [6, 6.07) is 15.1. The summed E-state index contributed by atoms with van der Waals surface area (Å²) in [6.45, 7) is 7.09. The van der Waals surface area contributed by atoms with E-state index >= 15 is 0 Å². The topological polar surface area (TPSA) is 47.0 Å². The summed E-state index contributed by atoms with van der Waals surface area (Å²) in [7, 11) is 4.05. The maximum Gasteiger partial charge on any atom is 0.193 e. The van der Waals surface area contributed by atoms with Gasteiger partial charge >= 0.3 is 0 Å². The zero-order valence-corrected chi connectivity index (χ0v) is 17.6. The van der Waals surface area contributed by atoms with Crippen LogP contribution in [0.1, 0.15) is 23.5 Å². The average molecular weight is 393 g/mol. The first-order valence-corrected chi connectivity index (χ1v) is 10.6. The highest BCUT2D eigenvalue weighted by atomic mass is 15.3. The first kappa shape index (κ1) is 19.7. The number of piperazine rings is 1. The molecule has 2 aliphatic heterocycles. The van der Waals surface area contributed by atoms with Gasteiger partial charge in [-0.2, -0.15) is 0 Å². The molecule has 29 heavy (non-hydrogen) atoms. The molecule has 154 valence electrons. The van der Waals surface area contributed by atoms with Gasteiger partial charge in [-0.3, -0.25) is 4.99 Å². The Labute approximate surface area is 174 Å². The van der Waals surface area contributed by atoms with Crippen LogP contribution in [0.2, 0.25) is 0 Å². The van der Waals surface area contributed by atoms with E-state index in [4.69, 9.17) is 0 Å². The van der Waals surface area contributed by atoms with E-state index in [1.54, 1.807) is 0 Å². The fraction of sp³-hybridized carbons (Fsp3) is 0.478. The second kappa shape index (κ2) is 9.27. The van der Waals surface area contributed by atoms with Crippen LogP contribution in [0.15, 0.2) is 53.7 Å². The van der Waals surface area contributed by atoms with E-state index in [-0.39, 0.29) is 0 Å². The van der Waals surface area contributed by atoms with Crippen molar-refractivity contribution in [2.45, 2.75) is 18.9 Å². The van der Waals surface area contributed by atoms with E-state index < -0.39 is 0 Å². The highest BCUT2D eigenvalue weighted by Gasteiger charge is 2.25. The first-order chi connectivity index (χ1) is 14.2. The molecule has 0 radical (unpaired) electrons. The summed E-state index contributed by atoms with van der Waals surface area (Å²) in [5.74, 6) is 2.65. The Morgan fingerprint density at radius 2 is 1.90 bits per heavy atom. The maximum absolute atomic E-state index is 4.60. The number of hydrogen-bond donors (Lipinski definition) is 1. The number of benzene rings is 1. The van der Waals surface area contributed by atoms with Gasteiger partial charge in [0.05, 0.1) is 0 Å². The quantitative estimate of drug-likeness (QED) is 0.640. The highest BCUT2D eigenvalue weighted by molar-refractivity contribution is 5.80. The molecule has 0 spiro atoms. The number of likely N-dealkylation sites (tertiary alicyclic amines) is 1. The van der Waals surface area contributed by atoms with Crippen LogP contribution in [0.3, 0.4) is 0 Å². The summed E-state index contributed by atoms with van der Waals surface area (Å²) < 4.78 is 0. The molecule has 1 aromatic heterocycles. The lowest BCUT2D eigenvalue weighted by Crippen LogP contribution is -2.44. The molecule has 2 fully saturated rings. The number of aliphatic imine (C=N–C) groups is 1. The molecular weight excluding hydrogens is 360 g/mol. The van der Waals surface area contributed by atoms with Gasteiger partial charge in [-0.1, -0.05) is 30.3 Å². The summed E-state index contributed by atoms with van der Waals surface area (Å²) in [6.07, 6.45) is 3.10. The normalized spacial score (nSPS) is 20.9. The summed E-state index contributed by atoms with van der Waals surface area (Å²) >= 11 is 0. The highest BCUT2D eigenvalue weighted by Crippen LogP contribution is 2.27. The molecule has 0 aliphatic carbocycles. The second-order valence-electron chi connectivity index (χ2n) is 8.06. The molecule has 0 bridgehead atoms. The van der Waals surface area contributed by atoms with Crippen LogP contribution in [0, 0.1) is 0 Å². The zero-order valence-electron chi connectivity index (χ0n) is 17.6. The number of aromatic nitrogens is 1. The molecule has 0 amide bonds. The largest absolute Gasteiger partial charge is 0.354 e. The molecule has 0 saturated carbocycles. The van der Waals surface area contributed by atoms with Crippen LogP contribution >= 0.6 is 0 Å². The lowest BCUT2D eigenvalue weighted by Gasteiger charge is -2.33. The maximum atomic E-state index is 4.60. The van der Waals surface area contributed by atoms with Gasteiger partial charge in [0.2, 0.25) is 0 Å². The van der Waals surface area contributed by atoms with E-state index in [2.05, 4.69) is 79.5 Å². The summed E-state index contributed by atoms with van der Waals surface area (Å²) in [5, 5.41) is 3.56. The Morgan fingerprint density at radius 1 is 1.10 bits per heavy atom. The predicted octanol–water partition coefficient (Wildman–Crippen LogP) is 2.40. The molecular formula is C23H32N6. The number of nitrogens with one attached hydrogen (secondary N) is 1. The Balaban J connectivity index is 1.34. The van der Waals surface area contributed by atoms with Gasteiger partial charge in [-0.05, 0) is 36.7 Å². The number of nitrogens with zero attached hydrogens (tertiary/aromatic N) is 5. The fourth-order valence-electron chi connectivity index (χ4n) is 4.24. The van der Waals surface area contributed by atoms with Gasteiger partial charge in [0, 0.05) is 65.0 Å². The third kappa shape index (κ3) is 4.88. The van der Waals surface area contributed by atoms with Gasteiger partial charge in [0.15, 0.2) is 5.96 Å². The molecule has 1 unspecified atom stereocenters. The number of rotatable bonds is 4. The van der Waals surface area contributed by atoms with Gasteiger partial charge in [0.25, 0.3) is 0 Å². The van der Waals surface area contributed by atoms with E-state index in [0.29, 0.717) is 5.92 Å². The van der Waals surface area contributed by atoms with Crippen LogP contribution in [0.4, 0.5) is 5.82 Å². The van der Waals surface area contributed by atoms with Crippen molar-refractivity contribution in [1.82, 2.24) is 20.1 Å². The molecule has 6 heteroatoms. The van der Waals surface area contributed by atoms with Crippen molar-refractivity contribution in [2.75, 3.05) is 58.3 Å². The van der Waals surface area contributed by atoms with Crippen LogP contribution in [0.5, 0.6) is 0 Å². The van der Waals surface area contributed by atoms with E-state index in [0.717, 1.165) is 57.6 Å². The van der Waals surface area contributed by atoms with E-state index in [1.165, 1.54) is 17.5 Å². The Kier molecular flexibility index (Phi) is 6.30. The molecule has 6 nitrogen and oxygen atoms in total. The van der Waals surface area contributed by atoms with Crippen LogP contribution in [-0.2, 0) is 6.54 Å². The van der Waals surface area contributed by atoms with Crippen molar-refractivity contribution in [1.29, 1.82) is 0 Å². The molecule has 1 aromatic carbocycles. The molecule has 2 aromatic rings. The molecule has 3 heterocycles. The third-order valence-corrected chi connectivity index (χ3v) is 6.06. The minimum atomic E-state index is 0.583. The van der Waals surface area contributed by atoms with E-state index in [1.807, 2.05) is 13.2 Å². The summed E-state index contributed by atoms with van der Waals surface area (Å²) in [5.41, 5.74) is 2.67. The number of guanidine groups is 1. The summed E-state index contributed by atoms with van der Waals surface area (Å²) in [4.78, 5) is 16.2. The van der Waals surface area contributed by atoms with Gasteiger partial charge in [-0.25, -0.2) is 4.98 Å². The molecule has 2 aliphatic rings. The number of pyridine rings is 1. The third-order valence-electron chi connectivity index (χ3n) is 6.06. The van der Waals surface area contributed by atoms with Crippen molar-refractivity contribution in [3.8, 4) is 0 Å². The van der Waals surface area contributed by atoms with Crippen LogP contribution in [-0.4, -0.2) is 74.1 Å². The smallest absolute Gasteiger partial charge is 0.193 e. The monoisotopic (exact) mass is 392 g/mol. The Morgan fingerprint density at radius 3 is 2.66 bits per heavy atom. The lowest BCUT2D eigenvalue weighted by molar-refractivity contribution is 0.312. The Hall–Kier alpha value is -2.60. The number of hydrogen-bond acceptors (Lipinski definition) is 4. The molecule has 1 atom stereocenters. The van der Waals surface area contributed by atoms with Crippen molar-refractivity contribution in [3.63, 3.8) is 0 Å². The van der Waals surface area contributed by atoms with Crippen molar-refractivity contribution in [2.24, 2.45) is 4.99 Å². The first-order valence-electron chi connectivity index (χ1n) is 10.6. The number of anilines is 1. The lowest BCUT2D eigenvalue weighted by atomic mass is 9.99. The minimum absolute atomic E-state index is 0.583. The van der Waals surface area contributed by atoms with Crippen LogP contribution in [0.25, 0.3) is 0 Å². The minimum Gasteiger partial charge on any atom is -0.354 e. The van der Waals surface area contributed by atoms with Gasteiger partial charge in [-0.15, -0.1) is 0 Å². The van der Waals surface area contributed by atoms with Gasteiger partial charge in [0.1, 0.15) is 5.82 Å². The zero-order chi connectivity index (χ0) is 20.1. The van der Waals surface area contributed by atoms with Crippen LogP contribution < -0.4 is 10.2 Å². The van der Waals surface area contributed by atoms with Gasteiger partial charge < -0.3 is 20.0 Å². The SMILES string of the molecule is CN=C(NCc1ccnc(N2CCN(C)CC2)c1)N1CCC(c2ccccc2)C1. The Bertz CT molecular complexity index is 813. The van der Waals surface area contributed by atoms with E-state index in [9.17, 15) is 0 Å². The van der Waals surface area contributed by atoms with Crippen molar-refractivity contribution >= 4 is 11.8 Å². The molecule has 2 saturated heterocycles. The average Bonchev–Trinajstić information content (AvgIpc) is 3.26.